The van der Waals surface area contributed by atoms with Crippen LogP contribution in [0.25, 0.3) is 11.1 Å². The lowest BCUT2D eigenvalue weighted by Crippen LogP contribution is -2.40. The summed E-state index contributed by atoms with van der Waals surface area (Å²) in [6.07, 6.45) is 1.49. The van der Waals surface area contributed by atoms with Crippen LogP contribution in [-0.4, -0.2) is 23.4 Å². The number of nitrogens with two attached hydrogens (primary N) is 2. The first kappa shape index (κ1) is 22.8. The third kappa shape index (κ3) is 4.71. The average Bonchev–Trinajstić information content (AvgIpc) is 2.75. The van der Waals surface area contributed by atoms with Gasteiger partial charge in [0.05, 0.1) is 10.6 Å². The van der Waals surface area contributed by atoms with Crippen molar-refractivity contribution in [3.63, 3.8) is 0 Å². The molecule has 0 radical (unpaired) electrons. The van der Waals surface area contributed by atoms with Crippen LogP contribution in [0.4, 0.5) is 26.0 Å². The Balaban J connectivity index is 2.11. The fourth-order valence-electron chi connectivity index (χ4n) is 2.93. The first-order valence-corrected chi connectivity index (χ1v) is 9.46. The number of anilines is 3. The Morgan fingerprint density at radius 2 is 1.97 bits per heavy atom. The smallest absolute Gasteiger partial charge is 0.221 e. The van der Waals surface area contributed by atoms with Crippen LogP contribution in [-0.2, 0) is 4.79 Å². The Kier molecular flexibility index (Phi) is 6.76. The van der Waals surface area contributed by atoms with Crippen molar-refractivity contribution in [2.45, 2.75) is 6.92 Å². The number of carbonyl (C=O) groups is 1. The van der Waals surface area contributed by atoms with Crippen LogP contribution in [0.1, 0.15) is 12.5 Å². The average molecular weight is 458 g/mol. The number of hydrogen-bond acceptors (Lipinski definition) is 6. The minimum Gasteiger partial charge on any atom is -0.383 e. The van der Waals surface area contributed by atoms with E-state index in [9.17, 15) is 13.6 Å². The zero-order chi connectivity index (χ0) is 23.4. The van der Waals surface area contributed by atoms with E-state index in [0.29, 0.717) is 21.8 Å². The van der Waals surface area contributed by atoms with Gasteiger partial charge in [-0.1, -0.05) is 23.7 Å². The highest BCUT2D eigenvalue weighted by Crippen LogP contribution is 2.30. The molecule has 1 amide bonds. The molecule has 0 aliphatic heterocycles. The van der Waals surface area contributed by atoms with E-state index in [1.807, 2.05) is 0 Å². The lowest BCUT2D eigenvalue weighted by molar-refractivity contribution is -0.114. The van der Waals surface area contributed by atoms with Crippen molar-refractivity contribution in [2.24, 2.45) is 16.0 Å². The second kappa shape index (κ2) is 9.50. The van der Waals surface area contributed by atoms with Crippen molar-refractivity contribution < 1.29 is 13.6 Å². The molecule has 2 aromatic carbocycles. The number of nitrogens with zero attached hydrogens (tertiary/aromatic N) is 4. The zero-order valence-electron chi connectivity index (χ0n) is 16.8. The molecule has 0 fully saturated rings. The van der Waals surface area contributed by atoms with Crippen LogP contribution in [0.2, 0.25) is 5.02 Å². The standard InChI is InChI=1S/C21H18ClF2N7O/c1-11(32)29-14-5-3-4-12(8-14)13-9-15(20(25)28-10-13)21(30-27-2)31(26)19-17(23)7-6-16(22)18(19)24/h3-10H,2,26H2,1H3,(H2,25,28)(H,29,32)/b30-21-. The van der Waals surface area contributed by atoms with E-state index < -0.39 is 17.3 Å². The fourth-order valence-corrected chi connectivity index (χ4v) is 3.09. The molecule has 3 aromatic rings. The number of nitrogens with one attached hydrogen (secondary N) is 1. The van der Waals surface area contributed by atoms with Crippen molar-refractivity contribution in [2.75, 3.05) is 16.1 Å². The second-order valence-electron chi connectivity index (χ2n) is 6.55. The van der Waals surface area contributed by atoms with E-state index in [4.69, 9.17) is 23.2 Å². The van der Waals surface area contributed by atoms with Crippen molar-refractivity contribution in [1.29, 1.82) is 0 Å². The van der Waals surface area contributed by atoms with E-state index in [-0.39, 0.29) is 28.1 Å². The topological polar surface area (TPSA) is 122 Å². The van der Waals surface area contributed by atoms with Gasteiger partial charge in [0.15, 0.2) is 17.5 Å². The SMILES string of the molecule is C=N/N=C(/c1cc(-c2cccc(NC(C)=O)c2)cnc1N)N(N)c1c(F)ccc(Cl)c1F. The molecule has 0 saturated carbocycles. The van der Waals surface area contributed by atoms with Crippen LogP contribution in [0.15, 0.2) is 58.9 Å². The number of hydrazine groups is 1. The lowest BCUT2D eigenvalue weighted by Gasteiger charge is -2.22. The van der Waals surface area contributed by atoms with Gasteiger partial charge in [-0.05, 0) is 35.9 Å². The summed E-state index contributed by atoms with van der Waals surface area (Å²) in [6.45, 7) is 4.67. The van der Waals surface area contributed by atoms with Gasteiger partial charge < -0.3 is 11.1 Å². The van der Waals surface area contributed by atoms with E-state index in [1.165, 1.54) is 13.1 Å². The molecular weight excluding hydrogens is 440 g/mol. The maximum Gasteiger partial charge on any atom is 0.221 e. The van der Waals surface area contributed by atoms with Gasteiger partial charge in [-0.2, -0.15) is 5.10 Å². The largest absolute Gasteiger partial charge is 0.383 e. The highest BCUT2D eigenvalue weighted by atomic mass is 35.5. The molecule has 0 saturated heterocycles. The number of nitrogen functional groups attached to an aromatic ring is 1. The molecule has 0 bridgehead atoms. The van der Waals surface area contributed by atoms with Crippen molar-refractivity contribution in [3.8, 4) is 11.1 Å². The molecule has 3 rings (SSSR count). The van der Waals surface area contributed by atoms with Crippen molar-refractivity contribution >= 4 is 47.3 Å². The predicted molar refractivity (Wildman–Crippen MR) is 123 cm³/mol. The van der Waals surface area contributed by atoms with E-state index in [2.05, 4.69) is 27.2 Å². The van der Waals surface area contributed by atoms with Gasteiger partial charge in [0, 0.05) is 31.1 Å². The quantitative estimate of drug-likeness (QED) is 0.176. The van der Waals surface area contributed by atoms with Gasteiger partial charge >= 0.3 is 0 Å². The summed E-state index contributed by atoms with van der Waals surface area (Å²) >= 11 is 5.78. The Morgan fingerprint density at radius 3 is 2.66 bits per heavy atom. The third-order valence-corrected chi connectivity index (χ3v) is 4.62. The summed E-state index contributed by atoms with van der Waals surface area (Å²) in [5, 5.41) is 10.2. The van der Waals surface area contributed by atoms with Gasteiger partial charge in [0.25, 0.3) is 0 Å². The zero-order valence-corrected chi connectivity index (χ0v) is 17.6. The molecule has 5 N–H and O–H groups in total. The molecule has 8 nitrogen and oxygen atoms in total. The van der Waals surface area contributed by atoms with Crippen LogP contribution in [0, 0.1) is 11.6 Å². The highest BCUT2D eigenvalue weighted by Gasteiger charge is 2.24. The van der Waals surface area contributed by atoms with Gasteiger partial charge in [-0.25, -0.2) is 19.6 Å². The summed E-state index contributed by atoms with van der Waals surface area (Å²) in [6, 6.07) is 10.6. The molecule has 1 heterocycles. The van der Waals surface area contributed by atoms with Crippen molar-refractivity contribution in [3.05, 3.63) is 70.9 Å². The number of pyridine rings is 1. The number of carbonyl (C=O) groups excluding carboxylic acids is 1. The molecule has 0 spiro atoms. The number of benzene rings is 2. The molecule has 1 aromatic heterocycles. The van der Waals surface area contributed by atoms with E-state index >= 15 is 0 Å². The number of aromatic nitrogens is 1. The summed E-state index contributed by atoms with van der Waals surface area (Å²) in [5.74, 6) is 3.48. The number of amidine groups is 1. The molecule has 0 unspecified atom stereocenters. The van der Waals surface area contributed by atoms with Gasteiger partial charge in [-0.3, -0.25) is 9.80 Å². The molecule has 164 valence electrons. The monoisotopic (exact) mass is 457 g/mol. The van der Waals surface area contributed by atoms with Gasteiger partial charge in [0.1, 0.15) is 11.5 Å². The number of hydrogen-bond donors (Lipinski definition) is 3. The van der Waals surface area contributed by atoms with Crippen LogP contribution in [0.5, 0.6) is 0 Å². The van der Waals surface area contributed by atoms with E-state index in [0.717, 1.165) is 12.1 Å². The van der Waals surface area contributed by atoms with Gasteiger partial charge in [-0.15, -0.1) is 5.10 Å². The number of rotatable bonds is 5. The van der Waals surface area contributed by atoms with Crippen LogP contribution in [0.3, 0.4) is 0 Å². The molecular formula is C21H18ClF2N7O. The lowest BCUT2D eigenvalue weighted by atomic mass is 10.0. The first-order chi connectivity index (χ1) is 15.2. The number of halogens is 3. The summed E-state index contributed by atoms with van der Waals surface area (Å²) in [4.78, 5) is 15.5. The molecule has 0 atom stereocenters. The normalized spacial score (nSPS) is 11.2. The molecule has 32 heavy (non-hydrogen) atoms. The van der Waals surface area contributed by atoms with Gasteiger partial charge in [0.2, 0.25) is 5.91 Å². The van der Waals surface area contributed by atoms with Crippen molar-refractivity contribution in [1.82, 2.24) is 4.98 Å². The highest BCUT2D eigenvalue weighted by molar-refractivity contribution is 6.31. The maximum atomic E-state index is 14.5. The molecule has 11 heteroatoms. The Hall–Kier alpha value is -3.89. The minimum atomic E-state index is -1.09. The predicted octanol–water partition coefficient (Wildman–Crippen LogP) is 3.96. The Morgan fingerprint density at radius 1 is 1.22 bits per heavy atom. The second-order valence-corrected chi connectivity index (χ2v) is 6.95. The van der Waals surface area contributed by atoms with Crippen LogP contribution >= 0.6 is 11.6 Å². The van der Waals surface area contributed by atoms with Crippen LogP contribution < -0.4 is 21.9 Å². The first-order valence-electron chi connectivity index (χ1n) is 9.08. The minimum absolute atomic E-state index is 0.0209. The van der Waals surface area contributed by atoms with E-state index in [1.54, 1.807) is 30.3 Å². The molecule has 0 aliphatic rings. The fraction of sp³-hybridized carbons (Fsp3) is 0.0476. The summed E-state index contributed by atoms with van der Waals surface area (Å²) in [5.41, 5.74) is 7.31. The molecule has 0 aliphatic carbocycles. The number of amides is 1. The summed E-state index contributed by atoms with van der Waals surface area (Å²) < 4.78 is 28.9. The Bertz CT molecular complexity index is 1230. The summed E-state index contributed by atoms with van der Waals surface area (Å²) in [7, 11) is 0. The third-order valence-electron chi connectivity index (χ3n) is 4.33. The maximum absolute atomic E-state index is 14.5. The Labute approximate surface area is 187 Å².